The van der Waals surface area contributed by atoms with Gasteiger partial charge in [-0.2, -0.15) is 0 Å². The number of aliphatic hydroxyl groups excluding tert-OH is 1. The fraction of sp³-hybridized carbons (Fsp3) is 0.188. The summed E-state index contributed by atoms with van der Waals surface area (Å²) in [5.41, 5.74) is 3.08. The lowest BCUT2D eigenvalue weighted by atomic mass is 10.1. The molecule has 102 valence electrons. The zero-order valence-electron chi connectivity index (χ0n) is 11.1. The maximum atomic E-state index is 9.89. The molecule has 1 aliphatic heterocycles. The molecule has 3 rings (SSSR count). The fourth-order valence-electron chi connectivity index (χ4n) is 2.40. The summed E-state index contributed by atoms with van der Waals surface area (Å²) in [5, 5.41) is 10.6. The molecular formula is C16H15ClN2O. The molecule has 1 heterocycles. The number of hydrogen-bond donors (Lipinski definition) is 1. The number of aliphatic imine (C=N–C) groups is 1. The van der Waals surface area contributed by atoms with Crippen LogP contribution in [-0.4, -0.2) is 23.7 Å². The topological polar surface area (TPSA) is 35.8 Å². The summed E-state index contributed by atoms with van der Waals surface area (Å²) < 4.78 is 0. The molecule has 0 amide bonds. The van der Waals surface area contributed by atoms with Gasteiger partial charge >= 0.3 is 0 Å². The average Bonchev–Trinajstić information content (AvgIpc) is 2.84. The van der Waals surface area contributed by atoms with Crippen molar-refractivity contribution in [1.29, 1.82) is 0 Å². The van der Waals surface area contributed by atoms with Gasteiger partial charge < -0.3 is 10.0 Å². The number of β-amino-alcohol motifs (C(OH)–C–C–N with tert-alkyl or cyclic N) is 1. The van der Waals surface area contributed by atoms with Crippen molar-refractivity contribution in [2.75, 3.05) is 11.4 Å². The molecule has 0 radical (unpaired) electrons. The number of hydrogen-bond acceptors (Lipinski definition) is 3. The molecule has 20 heavy (non-hydrogen) atoms. The molecule has 2 aromatic carbocycles. The Morgan fingerprint density at radius 1 is 1.20 bits per heavy atom. The van der Waals surface area contributed by atoms with Crippen LogP contribution in [0.2, 0.25) is 5.02 Å². The number of aryl methyl sites for hydroxylation is 1. The van der Waals surface area contributed by atoms with Crippen LogP contribution in [-0.2, 0) is 0 Å². The van der Waals surface area contributed by atoms with E-state index in [1.165, 1.54) is 0 Å². The number of anilines is 1. The Balaban J connectivity index is 2.05. The van der Waals surface area contributed by atoms with Gasteiger partial charge in [-0.25, -0.2) is 4.99 Å². The van der Waals surface area contributed by atoms with Crippen LogP contribution in [0.5, 0.6) is 0 Å². The summed E-state index contributed by atoms with van der Waals surface area (Å²) in [5.74, 6) is 0.781. The minimum Gasteiger partial charge on any atom is -0.370 e. The first-order valence-electron chi connectivity index (χ1n) is 6.50. The second-order valence-corrected chi connectivity index (χ2v) is 5.28. The Labute approximate surface area is 123 Å². The van der Waals surface area contributed by atoms with E-state index in [1.807, 2.05) is 60.4 Å². The van der Waals surface area contributed by atoms with Crippen LogP contribution in [0.1, 0.15) is 11.1 Å². The van der Waals surface area contributed by atoms with Gasteiger partial charge in [0.15, 0.2) is 6.23 Å². The van der Waals surface area contributed by atoms with Crippen LogP contribution in [0.4, 0.5) is 5.69 Å². The first-order chi connectivity index (χ1) is 9.65. The van der Waals surface area contributed by atoms with E-state index < -0.39 is 6.23 Å². The Morgan fingerprint density at radius 2 is 1.95 bits per heavy atom. The van der Waals surface area contributed by atoms with Gasteiger partial charge in [-0.15, -0.1) is 0 Å². The number of benzene rings is 2. The maximum absolute atomic E-state index is 9.89. The Hall–Kier alpha value is -1.84. The van der Waals surface area contributed by atoms with E-state index in [0.717, 1.165) is 22.6 Å². The minimum absolute atomic E-state index is 0.450. The molecule has 0 fully saturated rings. The summed E-state index contributed by atoms with van der Waals surface area (Å²) >= 11 is 6.10. The molecule has 0 aliphatic carbocycles. The number of amidine groups is 1. The molecule has 1 unspecified atom stereocenters. The molecule has 1 aliphatic rings. The van der Waals surface area contributed by atoms with Crippen molar-refractivity contribution in [2.24, 2.45) is 4.99 Å². The van der Waals surface area contributed by atoms with Crippen molar-refractivity contribution >= 4 is 23.1 Å². The van der Waals surface area contributed by atoms with Gasteiger partial charge in [0.05, 0.1) is 6.54 Å². The molecule has 0 saturated carbocycles. The van der Waals surface area contributed by atoms with Gasteiger partial charge in [0.1, 0.15) is 5.84 Å². The van der Waals surface area contributed by atoms with E-state index in [-0.39, 0.29) is 0 Å². The quantitative estimate of drug-likeness (QED) is 0.920. The summed E-state index contributed by atoms with van der Waals surface area (Å²) in [6, 6.07) is 15.6. The highest BCUT2D eigenvalue weighted by Crippen LogP contribution is 2.28. The summed E-state index contributed by atoms with van der Waals surface area (Å²) in [7, 11) is 0. The molecule has 1 atom stereocenters. The second kappa shape index (κ2) is 5.27. The van der Waals surface area contributed by atoms with Crippen molar-refractivity contribution in [2.45, 2.75) is 13.2 Å². The predicted molar refractivity (Wildman–Crippen MR) is 82.5 cm³/mol. The van der Waals surface area contributed by atoms with E-state index in [1.54, 1.807) is 0 Å². The first kappa shape index (κ1) is 13.2. The first-order valence-corrected chi connectivity index (χ1v) is 6.88. The molecule has 4 heteroatoms. The number of aliphatic hydroxyl groups is 1. The van der Waals surface area contributed by atoms with E-state index in [4.69, 9.17) is 11.6 Å². The third-order valence-corrected chi connectivity index (χ3v) is 3.60. The highest BCUT2D eigenvalue weighted by atomic mass is 35.5. The van der Waals surface area contributed by atoms with Crippen LogP contribution < -0.4 is 4.90 Å². The Kier molecular flexibility index (Phi) is 3.47. The molecule has 0 saturated heterocycles. The van der Waals surface area contributed by atoms with Gasteiger partial charge in [0.2, 0.25) is 0 Å². The third kappa shape index (κ3) is 2.42. The maximum Gasteiger partial charge on any atom is 0.165 e. The molecular weight excluding hydrogens is 272 g/mol. The molecule has 0 spiro atoms. The van der Waals surface area contributed by atoms with Crippen LogP contribution >= 0.6 is 11.6 Å². The second-order valence-electron chi connectivity index (χ2n) is 4.84. The van der Waals surface area contributed by atoms with E-state index in [2.05, 4.69) is 4.99 Å². The van der Waals surface area contributed by atoms with Crippen LogP contribution in [0.25, 0.3) is 0 Å². The predicted octanol–water partition coefficient (Wildman–Crippen LogP) is 3.23. The normalized spacial score (nSPS) is 18.2. The zero-order chi connectivity index (χ0) is 14.1. The highest BCUT2D eigenvalue weighted by Gasteiger charge is 2.26. The largest absolute Gasteiger partial charge is 0.370 e. The summed E-state index contributed by atoms with van der Waals surface area (Å²) in [6.07, 6.45) is -0.705. The Morgan fingerprint density at radius 3 is 2.70 bits per heavy atom. The fourth-order valence-corrected chi connectivity index (χ4v) is 2.57. The molecule has 0 aromatic heterocycles. The summed E-state index contributed by atoms with van der Waals surface area (Å²) in [6.45, 7) is 2.48. The number of rotatable bonds is 2. The minimum atomic E-state index is -0.705. The van der Waals surface area contributed by atoms with Crippen LogP contribution in [0, 0.1) is 6.92 Å². The lowest BCUT2D eigenvalue weighted by Gasteiger charge is -2.23. The van der Waals surface area contributed by atoms with Crippen molar-refractivity contribution in [3.05, 3.63) is 64.7 Å². The standard InChI is InChI=1S/C16H15ClN2O/c1-11-7-8-13(17)9-14(11)19-10-15(20)18-16(19)12-5-3-2-4-6-12/h2-9,15,20H,10H2,1H3. The molecule has 0 bridgehead atoms. The van der Waals surface area contributed by atoms with Crippen molar-refractivity contribution in [3.8, 4) is 0 Å². The lowest BCUT2D eigenvalue weighted by Crippen LogP contribution is -2.30. The lowest BCUT2D eigenvalue weighted by molar-refractivity contribution is 0.202. The smallest absolute Gasteiger partial charge is 0.165 e. The third-order valence-electron chi connectivity index (χ3n) is 3.37. The summed E-state index contributed by atoms with van der Waals surface area (Å²) in [4.78, 5) is 6.36. The van der Waals surface area contributed by atoms with Crippen molar-refractivity contribution in [1.82, 2.24) is 0 Å². The Bertz CT molecular complexity index is 655. The van der Waals surface area contributed by atoms with Gasteiger partial charge in [-0.05, 0) is 24.6 Å². The van der Waals surface area contributed by atoms with E-state index >= 15 is 0 Å². The zero-order valence-corrected chi connectivity index (χ0v) is 11.9. The van der Waals surface area contributed by atoms with E-state index in [0.29, 0.717) is 11.6 Å². The number of halogens is 1. The van der Waals surface area contributed by atoms with Gasteiger partial charge in [-0.3, -0.25) is 0 Å². The van der Waals surface area contributed by atoms with Crippen molar-refractivity contribution in [3.63, 3.8) is 0 Å². The molecule has 1 N–H and O–H groups in total. The number of nitrogens with zero attached hydrogens (tertiary/aromatic N) is 2. The van der Waals surface area contributed by atoms with Gasteiger partial charge in [0, 0.05) is 16.3 Å². The molecule has 2 aromatic rings. The van der Waals surface area contributed by atoms with Gasteiger partial charge in [0.25, 0.3) is 0 Å². The van der Waals surface area contributed by atoms with Crippen molar-refractivity contribution < 1.29 is 5.11 Å². The molecule has 3 nitrogen and oxygen atoms in total. The average molecular weight is 287 g/mol. The van der Waals surface area contributed by atoms with Gasteiger partial charge in [-0.1, -0.05) is 48.0 Å². The monoisotopic (exact) mass is 286 g/mol. The van der Waals surface area contributed by atoms with Crippen LogP contribution in [0.3, 0.4) is 0 Å². The van der Waals surface area contributed by atoms with Crippen LogP contribution in [0.15, 0.2) is 53.5 Å². The highest BCUT2D eigenvalue weighted by molar-refractivity contribution is 6.31. The van der Waals surface area contributed by atoms with E-state index in [9.17, 15) is 5.11 Å². The SMILES string of the molecule is Cc1ccc(Cl)cc1N1CC(O)N=C1c1ccccc1.